The average molecular weight is 374 g/mol. The molecule has 1 saturated carbocycles. The minimum absolute atomic E-state index is 0.188. The van der Waals surface area contributed by atoms with Crippen LogP contribution in [-0.4, -0.2) is 27.7 Å². The predicted molar refractivity (Wildman–Crippen MR) is 101 cm³/mol. The Balaban J connectivity index is 1.68. The fourth-order valence-corrected chi connectivity index (χ4v) is 3.79. The number of anilines is 1. The monoisotopic (exact) mass is 373 g/mol. The first kappa shape index (κ1) is 16.8. The topological polar surface area (TPSA) is 119 Å². The molecule has 2 aromatic rings. The van der Waals surface area contributed by atoms with Crippen molar-refractivity contribution in [1.29, 1.82) is 0 Å². The number of guanidine groups is 2. The molecule has 2 aliphatic rings. The molecule has 0 atom stereocenters. The summed E-state index contributed by atoms with van der Waals surface area (Å²) in [5.74, 6) is 1.70. The van der Waals surface area contributed by atoms with E-state index in [4.69, 9.17) is 27.6 Å². The van der Waals surface area contributed by atoms with E-state index in [2.05, 4.69) is 20.1 Å². The van der Waals surface area contributed by atoms with Crippen molar-refractivity contribution in [2.75, 3.05) is 4.90 Å². The first-order valence-electron chi connectivity index (χ1n) is 8.60. The Kier molecular flexibility index (Phi) is 4.28. The molecular weight excluding hydrogens is 354 g/mol. The molecule has 1 spiro atoms. The number of nitrogens with two attached hydrogens (primary N) is 2. The van der Waals surface area contributed by atoms with Crippen LogP contribution in [0.2, 0.25) is 0 Å². The van der Waals surface area contributed by atoms with Crippen LogP contribution >= 0.6 is 11.6 Å². The standard InChI is InChI=1S/C17H20ClN7O/c18-10-13-21-14(24-26-13)11-4-6-12(7-5-11)25-16(20)22-15(19)23-17(25)8-2-1-3-9-17/h4-7H,1-3,8-10H2,(H4,19,20,22,23). The molecule has 9 heteroatoms. The molecule has 0 unspecified atom stereocenters. The van der Waals surface area contributed by atoms with Crippen LogP contribution in [0, 0.1) is 0 Å². The van der Waals surface area contributed by atoms with Crippen LogP contribution in [0.3, 0.4) is 0 Å². The second-order valence-electron chi connectivity index (χ2n) is 6.51. The van der Waals surface area contributed by atoms with E-state index in [0.717, 1.165) is 36.9 Å². The molecule has 1 aromatic heterocycles. The van der Waals surface area contributed by atoms with Gasteiger partial charge in [-0.05, 0) is 49.9 Å². The molecule has 4 rings (SSSR count). The number of aromatic nitrogens is 2. The van der Waals surface area contributed by atoms with Gasteiger partial charge in [-0.1, -0.05) is 11.6 Å². The lowest BCUT2D eigenvalue weighted by atomic mass is 9.87. The Hall–Kier alpha value is -2.61. The van der Waals surface area contributed by atoms with E-state index in [-0.39, 0.29) is 11.8 Å². The molecule has 0 amide bonds. The Morgan fingerprint density at radius 2 is 1.85 bits per heavy atom. The fourth-order valence-electron chi connectivity index (χ4n) is 3.68. The lowest BCUT2D eigenvalue weighted by molar-refractivity contribution is 0.305. The lowest BCUT2D eigenvalue weighted by Gasteiger charge is -2.45. The average Bonchev–Trinajstić information content (AvgIpc) is 3.11. The Bertz CT molecular complexity index is 852. The maximum Gasteiger partial charge on any atom is 0.241 e. The normalized spacial score (nSPS) is 19.3. The fraction of sp³-hybridized carbons (Fsp3) is 0.412. The van der Waals surface area contributed by atoms with Gasteiger partial charge in [-0.25, -0.2) is 4.99 Å². The summed E-state index contributed by atoms with van der Waals surface area (Å²) in [5, 5.41) is 3.94. The van der Waals surface area contributed by atoms with E-state index < -0.39 is 5.66 Å². The predicted octanol–water partition coefficient (Wildman–Crippen LogP) is 2.59. The van der Waals surface area contributed by atoms with Gasteiger partial charge in [-0.15, -0.1) is 11.6 Å². The summed E-state index contributed by atoms with van der Waals surface area (Å²) in [7, 11) is 0. The second-order valence-corrected chi connectivity index (χ2v) is 6.78. The van der Waals surface area contributed by atoms with Crippen molar-refractivity contribution in [3.63, 3.8) is 0 Å². The smallest absolute Gasteiger partial charge is 0.241 e. The minimum atomic E-state index is -0.451. The molecule has 26 heavy (non-hydrogen) atoms. The van der Waals surface area contributed by atoms with E-state index in [1.807, 2.05) is 29.2 Å². The summed E-state index contributed by atoms with van der Waals surface area (Å²) in [6.45, 7) is 0. The van der Waals surface area contributed by atoms with E-state index in [1.165, 1.54) is 6.42 Å². The second kappa shape index (κ2) is 6.60. The maximum absolute atomic E-state index is 6.24. The van der Waals surface area contributed by atoms with Crippen molar-refractivity contribution >= 4 is 29.2 Å². The Morgan fingerprint density at radius 1 is 1.12 bits per heavy atom. The molecule has 8 nitrogen and oxygen atoms in total. The van der Waals surface area contributed by atoms with Gasteiger partial charge in [0.15, 0.2) is 0 Å². The highest BCUT2D eigenvalue weighted by Crippen LogP contribution is 2.39. The Morgan fingerprint density at radius 3 is 2.50 bits per heavy atom. The van der Waals surface area contributed by atoms with Crippen molar-refractivity contribution in [3.8, 4) is 11.4 Å². The van der Waals surface area contributed by atoms with Crippen molar-refractivity contribution in [2.24, 2.45) is 21.5 Å². The largest absolute Gasteiger partial charge is 0.369 e. The zero-order valence-electron chi connectivity index (χ0n) is 14.2. The number of hydrogen-bond donors (Lipinski definition) is 2. The molecule has 136 valence electrons. The minimum Gasteiger partial charge on any atom is -0.369 e. The third kappa shape index (κ3) is 2.90. The number of benzene rings is 1. The number of halogens is 1. The highest BCUT2D eigenvalue weighted by Gasteiger charge is 2.42. The summed E-state index contributed by atoms with van der Waals surface area (Å²) in [5.41, 5.74) is 13.4. The van der Waals surface area contributed by atoms with Gasteiger partial charge in [0, 0.05) is 11.3 Å². The first-order chi connectivity index (χ1) is 12.6. The number of alkyl halides is 1. The number of nitrogens with zero attached hydrogens (tertiary/aromatic N) is 5. The van der Waals surface area contributed by atoms with E-state index >= 15 is 0 Å². The van der Waals surface area contributed by atoms with Crippen LogP contribution in [0.25, 0.3) is 11.4 Å². The third-order valence-electron chi connectivity index (χ3n) is 4.82. The summed E-state index contributed by atoms with van der Waals surface area (Å²) < 4.78 is 5.06. The van der Waals surface area contributed by atoms with Gasteiger partial charge in [0.05, 0.1) is 0 Å². The molecule has 2 heterocycles. The van der Waals surface area contributed by atoms with E-state index in [9.17, 15) is 0 Å². The Labute approximate surface area is 155 Å². The van der Waals surface area contributed by atoms with Crippen LogP contribution in [0.1, 0.15) is 38.0 Å². The van der Waals surface area contributed by atoms with Gasteiger partial charge in [0.2, 0.25) is 23.6 Å². The van der Waals surface area contributed by atoms with E-state index in [0.29, 0.717) is 17.7 Å². The van der Waals surface area contributed by atoms with Crippen LogP contribution in [0.5, 0.6) is 0 Å². The molecular formula is C17H20ClN7O. The zero-order valence-corrected chi connectivity index (χ0v) is 15.0. The highest BCUT2D eigenvalue weighted by atomic mass is 35.5. The van der Waals surface area contributed by atoms with Crippen molar-refractivity contribution in [2.45, 2.75) is 43.6 Å². The molecule has 0 bridgehead atoms. The summed E-state index contributed by atoms with van der Waals surface area (Å²) in [6, 6.07) is 7.76. The highest BCUT2D eigenvalue weighted by molar-refractivity contribution is 6.16. The molecule has 1 aromatic carbocycles. The van der Waals surface area contributed by atoms with Gasteiger partial charge in [-0.3, -0.25) is 4.90 Å². The quantitative estimate of drug-likeness (QED) is 0.798. The van der Waals surface area contributed by atoms with Crippen molar-refractivity contribution in [3.05, 3.63) is 30.2 Å². The SMILES string of the molecule is NC1=NC2(CCCCC2)N(c2ccc(-c3noc(CCl)n3)cc2)C(N)=N1. The van der Waals surface area contributed by atoms with Crippen LogP contribution in [0.15, 0.2) is 38.8 Å². The molecule has 1 aliphatic heterocycles. The summed E-state index contributed by atoms with van der Waals surface area (Å²) in [6.07, 6.45) is 5.17. The number of rotatable bonds is 3. The summed E-state index contributed by atoms with van der Waals surface area (Å²) in [4.78, 5) is 15.1. The van der Waals surface area contributed by atoms with Crippen molar-refractivity contribution in [1.82, 2.24) is 10.1 Å². The molecule has 0 saturated heterocycles. The van der Waals surface area contributed by atoms with E-state index in [1.54, 1.807) is 0 Å². The van der Waals surface area contributed by atoms with Gasteiger partial charge in [0.1, 0.15) is 11.5 Å². The van der Waals surface area contributed by atoms with Crippen molar-refractivity contribution < 1.29 is 4.52 Å². The van der Waals surface area contributed by atoms with Crippen LogP contribution in [-0.2, 0) is 5.88 Å². The van der Waals surface area contributed by atoms with Gasteiger partial charge in [-0.2, -0.15) is 9.98 Å². The van der Waals surface area contributed by atoms with Gasteiger partial charge in [0.25, 0.3) is 0 Å². The lowest BCUT2D eigenvalue weighted by Crippen LogP contribution is -2.58. The molecule has 4 N–H and O–H groups in total. The third-order valence-corrected chi connectivity index (χ3v) is 5.05. The van der Waals surface area contributed by atoms with Gasteiger partial charge < -0.3 is 16.0 Å². The van der Waals surface area contributed by atoms with Crippen LogP contribution < -0.4 is 16.4 Å². The summed E-state index contributed by atoms with van der Waals surface area (Å²) >= 11 is 5.71. The molecule has 1 aliphatic carbocycles. The first-order valence-corrected chi connectivity index (χ1v) is 9.13. The number of hydrogen-bond acceptors (Lipinski definition) is 8. The molecule has 0 radical (unpaired) electrons. The number of aliphatic imine (C=N–C) groups is 2. The molecule has 1 fully saturated rings. The maximum atomic E-state index is 6.24. The van der Waals surface area contributed by atoms with Gasteiger partial charge >= 0.3 is 0 Å². The zero-order chi connectivity index (χ0) is 18.1. The van der Waals surface area contributed by atoms with Crippen LogP contribution in [0.4, 0.5) is 5.69 Å².